The summed E-state index contributed by atoms with van der Waals surface area (Å²) in [5.41, 5.74) is 0.969. The van der Waals surface area contributed by atoms with Gasteiger partial charge in [0.2, 0.25) is 0 Å². The van der Waals surface area contributed by atoms with Gasteiger partial charge in [-0.2, -0.15) is 5.26 Å². The lowest BCUT2D eigenvalue weighted by atomic mass is 10.1. The third kappa shape index (κ3) is 4.60. The fourth-order valence-electron chi connectivity index (χ4n) is 2.42. The maximum absolute atomic E-state index is 11.7. The Morgan fingerprint density at radius 3 is 2.64 bits per heavy atom. The van der Waals surface area contributed by atoms with Crippen molar-refractivity contribution >= 4 is 34.4 Å². The smallest absolute Gasteiger partial charge is 0.409 e. The standard InChI is InChI=1S/C15H18BrN3O2.ClH/c1-2-21-15(20)19-8-6-18(7-9-19)14(11-17)12-4-3-5-13(16)10-12;/h3-5,10,14H,2,6-9H2,1H3;1H. The molecule has 1 amide bonds. The minimum absolute atomic E-state index is 0. The predicted molar refractivity (Wildman–Crippen MR) is 89.9 cm³/mol. The molecule has 5 nitrogen and oxygen atoms in total. The van der Waals surface area contributed by atoms with Gasteiger partial charge in [0, 0.05) is 30.7 Å². The van der Waals surface area contributed by atoms with Crippen LogP contribution in [0, 0.1) is 11.3 Å². The molecule has 0 N–H and O–H groups in total. The molecule has 120 valence electrons. The Kier molecular flexibility index (Phi) is 7.66. The minimum atomic E-state index is -0.285. The molecule has 0 aliphatic carbocycles. The van der Waals surface area contributed by atoms with Crippen molar-refractivity contribution in [3.8, 4) is 6.07 Å². The lowest BCUT2D eigenvalue weighted by Gasteiger charge is -2.36. The third-order valence-electron chi connectivity index (χ3n) is 3.49. The van der Waals surface area contributed by atoms with E-state index in [4.69, 9.17) is 4.74 Å². The average Bonchev–Trinajstić information content (AvgIpc) is 2.49. The molecule has 1 atom stereocenters. The molecule has 0 aromatic heterocycles. The summed E-state index contributed by atoms with van der Waals surface area (Å²) in [4.78, 5) is 15.5. The molecule has 1 aromatic rings. The van der Waals surface area contributed by atoms with Gasteiger partial charge in [0.15, 0.2) is 0 Å². The van der Waals surface area contributed by atoms with Gasteiger partial charge < -0.3 is 9.64 Å². The number of hydrogen-bond donors (Lipinski definition) is 0. The Morgan fingerprint density at radius 1 is 1.41 bits per heavy atom. The molecular weight excluding hydrogens is 370 g/mol. The van der Waals surface area contributed by atoms with Crippen molar-refractivity contribution in [2.45, 2.75) is 13.0 Å². The zero-order valence-corrected chi connectivity index (χ0v) is 14.8. The van der Waals surface area contributed by atoms with Crippen molar-refractivity contribution in [1.82, 2.24) is 9.80 Å². The molecule has 7 heteroatoms. The van der Waals surface area contributed by atoms with Crippen LogP contribution in [0.4, 0.5) is 4.79 Å². The van der Waals surface area contributed by atoms with Crippen molar-refractivity contribution in [1.29, 1.82) is 5.26 Å². The summed E-state index contributed by atoms with van der Waals surface area (Å²) in [6, 6.07) is 9.86. The van der Waals surface area contributed by atoms with Crippen LogP contribution in [-0.4, -0.2) is 48.7 Å². The average molecular weight is 389 g/mol. The Labute approximate surface area is 145 Å². The molecule has 0 radical (unpaired) electrons. The van der Waals surface area contributed by atoms with Crippen molar-refractivity contribution in [3.63, 3.8) is 0 Å². The SMILES string of the molecule is CCOC(=O)N1CCN(C(C#N)c2cccc(Br)c2)CC1.Cl. The third-order valence-corrected chi connectivity index (χ3v) is 3.99. The van der Waals surface area contributed by atoms with E-state index < -0.39 is 0 Å². The van der Waals surface area contributed by atoms with Gasteiger partial charge >= 0.3 is 6.09 Å². The quantitative estimate of drug-likeness (QED) is 0.798. The van der Waals surface area contributed by atoms with E-state index in [0.29, 0.717) is 32.8 Å². The number of ether oxygens (including phenoxy) is 1. The summed E-state index contributed by atoms with van der Waals surface area (Å²) in [6.45, 7) is 4.70. The number of piperazine rings is 1. The van der Waals surface area contributed by atoms with Gasteiger partial charge in [-0.1, -0.05) is 28.1 Å². The molecule has 2 rings (SSSR count). The number of nitrogens with zero attached hydrogens (tertiary/aromatic N) is 3. The highest BCUT2D eigenvalue weighted by molar-refractivity contribution is 9.10. The van der Waals surface area contributed by atoms with Crippen LogP contribution in [-0.2, 0) is 4.74 Å². The van der Waals surface area contributed by atoms with Crippen molar-refractivity contribution in [2.75, 3.05) is 32.8 Å². The van der Waals surface area contributed by atoms with Crippen LogP contribution in [0.25, 0.3) is 0 Å². The first kappa shape index (κ1) is 18.8. The summed E-state index contributed by atoms with van der Waals surface area (Å²) in [5, 5.41) is 9.47. The molecule has 1 fully saturated rings. The lowest BCUT2D eigenvalue weighted by molar-refractivity contribution is 0.0733. The summed E-state index contributed by atoms with van der Waals surface area (Å²) in [6.07, 6.45) is -0.270. The second-order valence-electron chi connectivity index (χ2n) is 4.81. The molecule has 1 unspecified atom stereocenters. The summed E-state index contributed by atoms with van der Waals surface area (Å²) in [5.74, 6) is 0. The molecule has 1 aromatic carbocycles. The van der Waals surface area contributed by atoms with Gasteiger partial charge in [-0.15, -0.1) is 12.4 Å². The monoisotopic (exact) mass is 387 g/mol. The van der Waals surface area contributed by atoms with Gasteiger partial charge in [-0.25, -0.2) is 4.79 Å². The van der Waals surface area contributed by atoms with E-state index in [1.807, 2.05) is 24.3 Å². The topological polar surface area (TPSA) is 56.6 Å². The fraction of sp³-hybridized carbons (Fsp3) is 0.467. The summed E-state index contributed by atoms with van der Waals surface area (Å²) in [7, 11) is 0. The van der Waals surface area contributed by atoms with Crippen molar-refractivity contribution < 1.29 is 9.53 Å². The Balaban J connectivity index is 0.00000242. The highest BCUT2D eigenvalue weighted by Gasteiger charge is 2.27. The van der Waals surface area contributed by atoms with Crippen LogP contribution in [0.1, 0.15) is 18.5 Å². The van der Waals surface area contributed by atoms with Crippen LogP contribution in [0.2, 0.25) is 0 Å². The summed E-state index contributed by atoms with van der Waals surface area (Å²) < 4.78 is 5.96. The maximum atomic E-state index is 11.7. The number of amides is 1. The first-order valence-electron chi connectivity index (χ1n) is 6.96. The van der Waals surface area contributed by atoms with Crippen LogP contribution in [0.3, 0.4) is 0 Å². The van der Waals surface area contributed by atoms with Crippen molar-refractivity contribution in [2.24, 2.45) is 0 Å². The molecule has 22 heavy (non-hydrogen) atoms. The normalized spacial score (nSPS) is 16.3. The number of benzene rings is 1. The fourth-order valence-corrected chi connectivity index (χ4v) is 2.84. The number of hydrogen-bond acceptors (Lipinski definition) is 4. The second kappa shape index (κ2) is 8.99. The van der Waals surface area contributed by atoms with E-state index in [1.165, 1.54) is 0 Å². The zero-order chi connectivity index (χ0) is 15.2. The second-order valence-corrected chi connectivity index (χ2v) is 5.72. The first-order chi connectivity index (χ1) is 10.2. The molecular formula is C15H19BrClN3O2. The van der Waals surface area contributed by atoms with E-state index in [2.05, 4.69) is 26.9 Å². The number of nitriles is 1. The molecule has 0 bridgehead atoms. The van der Waals surface area contributed by atoms with Crippen LogP contribution in [0.5, 0.6) is 0 Å². The molecule has 1 aliphatic heterocycles. The van der Waals surface area contributed by atoms with E-state index in [9.17, 15) is 10.1 Å². The number of carbonyl (C=O) groups is 1. The highest BCUT2D eigenvalue weighted by Crippen LogP contribution is 2.24. The number of rotatable bonds is 3. The van der Waals surface area contributed by atoms with Crippen LogP contribution < -0.4 is 0 Å². The maximum Gasteiger partial charge on any atom is 0.409 e. The largest absolute Gasteiger partial charge is 0.450 e. The Bertz CT molecular complexity index is 542. The van der Waals surface area contributed by atoms with Crippen molar-refractivity contribution in [3.05, 3.63) is 34.3 Å². The molecule has 1 aliphatic rings. The van der Waals surface area contributed by atoms with Gasteiger partial charge in [-0.05, 0) is 24.6 Å². The van der Waals surface area contributed by atoms with Gasteiger partial charge in [0.05, 0.1) is 12.7 Å². The first-order valence-corrected chi connectivity index (χ1v) is 7.76. The molecule has 1 saturated heterocycles. The van der Waals surface area contributed by atoms with E-state index in [-0.39, 0.29) is 24.5 Å². The van der Waals surface area contributed by atoms with Crippen LogP contribution >= 0.6 is 28.3 Å². The van der Waals surface area contributed by atoms with E-state index in [1.54, 1.807) is 11.8 Å². The van der Waals surface area contributed by atoms with Gasteiger partial charge in [-0.3, -0.25) is 4.90 Å². The van der Waals surface area contributed by atoms with E-state index >= 15 is 0 Å². The minimum Gasteiger partial charge on any atom is -0.450 e. The molecule has 1 heterocycles. The number of carbonyl (C=O) groups excluding carboxylic acids is 1. The Hall–Kier alpha value is -1.29. The summed E-state index contributed by atoms with van der Waals surface area (Å²) >= 11 is 3.43. The molecule has 0 spiro atoms. The Morgan fingerprint density at radius 2 is 2.09 bits per heavy atom. The van der Waals surface area contributed by atoms with Gasteiger partial charge in [0.25, 0.3) is 0 Å². The van der Waals surface area contributed by atoms with Gasteiger partial charge in [0.1, 0.15) is 6.04 Å². The number of halogens is 2. The molecule has 0 saturated carbocycles. The highest BCUT2D eigenvalue weighted by atomic mass is 79.9. The zero-order valence-electron chi connectivity index (χ0n) is 12.4. The lowest BCUT2D eigenvalue weighted by Crippen LogP contribution is -2.49. The van der Waals surface area contributed by atoms with E-state index in [0.717, 1.165) is 10.0 Å². The van der Waals surface area contributed by atoms with Crippen LogP contribution in [0.15, 0.2) is 28.7 Å². The predicted octanol–water partition coefficient (Wildman–Crippen LogP) is 3.21.